The zero-order chi connectivity index (χ0) is 15.5. The number of nitrogens with zero attached hydrogens (tertiary/aromatic N) is 1. The first-order valence-corrected chi connectivity index (χ1v) is 10.7. The van der Waals surface area contributed by atoms with Crippen molar-refractivity contribution in [2.45, 2.75) is 19.6 Å². The summed E-state index contributed by atoms with van der Waals surface area (Å²) < 4.78 is 0. The van der Waals surface area contributed by atoms with Gasteiger partial charge in [-0.05, 0) is 23.8 Å². The zero-order valence-corrected chi connectivity index (χ0v) is 14.5. The van der Waals surface area contributed by atoms with Crippen molar-refractivity contribution < 1.29 is 0 Å². The number of hydrogen-bond donors (Lipinski definition) is 1. The number of benzene rings is 1. The Morgan fingerprint density at radius 1 is 1.10 bits per heavy atom. The summed E-state index contributed by atoms with van der Waals surface area (Å²) in [7, 11) is 0.488. The van der Waals surface area contributed by atoms with E-state index >= 15 is 0 Å². The van der Waals surface area contributed by atoms with Crippen molar-refractivity contribution in [2.75, 3.05) is 12.4 Å². The quantitative estimate of drug-likeness (QED) is 0.643. The molecule has 0 radical (unpaired) electrons. The minimum atomic E-state index is -1.40. The van der Waals surface area contributed by atoms with Gasteiger partial charge in [-0.2, -0.15) is 0 Å². The summed E-state index contributed by atoms with van der Waals surface area (Å²) >= 11 is 5.92. The number of halogens is 1. The fourth-order valence-electron chi connectivity index (χ4n) is 1.80. The molecule has 0 amide bonds. The van der Waals surface area contributed by atoms with Gasteiger partial charge in [-0.1, -0.05) is 49.3 Å². The van der Waals surface area contributed by atoms with Crippen molar-refractivity contribution in [3.63, 3.8) is 0 Å². The van der Waals surface area contributed by atoms with Gasteiger partial charge in [-0.25, -0.2) is 4.98 Å². The van der Waals surface area contributed by atoms with Crippen LogP contribution in [0.15, 0.2) is 36.5 Å². The molecular weight excluding hydrogens is 296 g/mol. The highest BCUT2D eigenvalue weighted by Crippen LogP contribution is 2.24. The Balaban J connectivity index is 2.40. The second-order valence-corrected chi connectivity index (χ2v) is 11.1. The number of rotatable bonds is 2. The van der Waals surface area contributed by atoms with Crippen LogP contribution in [0.1, 0.15) is 5.69 Å². The number of nitrogens with one attached hydrogen (secondary N) is 1. The minimum Gasteiger partial charge on any atom is -0.386 e. The Hall–Kier alpha value is -1.76. The molecule has 1 N–H and O–H groups in total. The molecule has 4 heteroatoms. The monoisotopic (exact) mass is 314 g/mol. The molecule has 0 aliphatic carbocycles. The standard InChI is InChI=1S/C17H19ClN2Si/c1-19-17-11-14(13-5-7-15(18)8-6-13)12-20-16(17)9-10-21(2,3)4/h5-8,11-12,19H,1-4H3. The molecule has 108 valence electrons. The van der Waals surface area contributed by atoms with Gasteiger partial charge >= 0.3 is 0 Å². The lowest BCUT2D eigenvalue weighted by Crippen LogP contribution is -2.16. The second kappa shape index (κ2) is 6.34. The van der Waals surface area contributed by atoms with Crippen LogP contribution in [0, 0.1) is 11.5 Å². The minimum absolute atomic E-state index is 0.734. The van der Waals surface area contributed by atoms with E-state index in [0.29, 0.717) is 0 Å². The Kier molecular flexibility index (Phi) is 4.72. The van der Waals surface area contributed by atoms with Crippen LogP contribution in [0.2, 0.25) is 24.7 Å². The molecular formula is C17H19ClN2Si. The third-order valence-corrected chi connectivity index (χ3v) is 4.02. The fraction of sp³-hybridized carbons (Fsp3) is 0.235. The molecule has 0 spiro atoms. The summed E-state index contributed by atoms with van der Waals surface area (Å²) in [5.74, 6) is 3.21. The average Bonchev–Trinajstić information content (AvgIpc) is 2.45. The molecule has 0 saturated carbocycles. The highest BCUT2D eigenvalue weighted by molar-refractivity contribution is 6.83. The molecule has 1 aromatic carbocycles. The predicted octanol–water partition coefficient (Wildman–Crippen LogP) is 4.67. The summed E-state index contributed by atoms with van der Waals surface area (Å²) in [5.41, 5.74) is 7.25. The van der Waals surface area contributed by atoms with Gasteiger partial charge in [0.05, 0.1) is 5.69 Å². The Morgan fingerprint density at radius 2 is 1.76 bits per heavy atom. The van der Waals surface area contributed by atoms with Crippen molar-refractivity contribution in [3.05, 3.63) is 47.2 Å². The lowest BCUT2D eigenvalue weighted by Gasteiger charge is -2.08. The summed E-state index contributed by atoms with van der Waals surface area (Å²) in [5, 5.41) is 3.91. The van der Waals surface area contributed by atoms with Crippen LogP contribution in [-0.4, -0.2) is 20.1 Å². The van der Waals surface area contributed by atoms with E-state index < -0.39 is 8.07 Å². The van der Waals surface area contributed by atoms with Crippen LogP contribution in [0.4, 0.5) is 5.69 Å². The molecule has 0 saturated heterocycles. The Bertz CT molecular complexity index is 691. The lowest BCUT2D eigenvalue weighted by molar-refractivity contribution is 1.27. The molecule has 1 heterocycles. The molecule has 0 fully saturated rings. The number of hydrogen-bond acceptors (Lipinski definition) is 2. The maximum atomic E-state index is 5.92. The second-order valence-electron chi connectivity index (χ2n) is 5.88. The largest absolute Gasteiger partial charge is 0.386 e. The van der Waals surface area contributed by atoms with Gasteiger partial charge in [-0.15, -0.1) is 5.54 Å². The molecule has 0 atom stereocenters. The summed E-state index contributed by atoms with van der Waals surface area (Å²) in [6.45, 7) is 6.67. The smallest absolute Gasteiger partial charge is 0.135 e. The van der Waals surface area contributed by atoms with E-state index in [0.717, 1.165) is 27.5 Å². The fourth-order valence-corrected chi connectivity index (χ4v) is 2.42. The van der Waals surface area contributed by atoms with E-state index in [1.165, 1.54) is 0 Å². The van der Waals surface area contributed by atoms with Crippen LogP contribution in [0.3, 0.4) is 0 Å². The van der Waals surface area contributed by atoms with Gasteiger partial charge in [0.1, 0.15) is 13.8 Å². The van der Waals surface area contributed by atoms with E-state index in [1.54, 1.807) is 0 Å². The Morgan fingerprint density at radius 3 is 2.33 bits per heavy atom. The zero-order valence-electron chi connectivity index (χ0n) is 12.8. The lowest BCUT2D eigenvalue weighted by atomic mass is 10.1. The SMILES string of the molecule is CNc1cc(-c2ccc(Cl)cc2)cnc1C#C[Si](C)(C)C. The molecule has 0 bridgehead atoms. The summed E-state index contributed by atoms with van der Waals surface area (Å²) in [6, 6.07) is 9.83. The normalized spacial score (nSPS) is 10.7. The molecule has 0 aliphatic rings. The van der Waals surface area contributed by atoms with Crippen LogP contribution in [0.25, 0.3) is 11.1 Å². The molecule has 21 heavy (non-hydrogen) atoms. The van der Waals surface area contributed by atoms with E-state index in [4.69, 9.17) is 11.6 Å². The summed E-state index contributed by atoms with van der Waals surface area (Å²) in [4.78, 5) is 4.50. The topological polar surface area (TPSA) is 24.9 Å². The summed E-state index contributed by atoms with van der Waals surface area (Å²) in [6.07, 6.45) is 1.86. The van der Waals surface area contributed by atoms with Crippen LogP contribution >= 0.6 is 11.6 Å². The number of pyridine rings is 1. The van der Waals surface area contributed by atoms with Crippen LogP contribution in [0.5, 0.6) is 0 Å². The Labute approximate surface area is 132 Å². The van der Waals surface area contributed by atoms with Crippen molar-refractivity contribution in [1.29, 1.82) is 0 Å². The molecule has 2 aromatic rings. The molecule has 0 aliphatic heterocycles. The van der Waals surface area contributed by atoms with Crippen molar-refractivity contribution in [1.82, 2.24) is 4.98 Å². The maximum absolute atomic E-state index is 5.92. The van der Waals surface area contributed by atoms with Gasteiger partial charge < -0.3 is 5.32 Å². The first kappa shape index (κ1) is 15.6. The number of anilines is 1. The maximum Gasteiger partial charge on any atom is 0.135 e. The van der Waals surface area contributed by atoms with E-state index in [-0.39, 0.29) is 0 Å². The van der Waals surface area contributed by atoms with Gasteiger partial charge in [0.15, 0.2) is 0 Å². The first-order chi connectivity index (χ1) is 9.89. The van der Waals surface area contributed by atoms with E-state index in [1.807, 2.05) is 37.5 Å². The van der Waals surface area contributed by atoms with Gasteiger partial charge in [-0.3, -0.25) is 0 Å². The molecule has 1 aromatic heterocycles. The number of aromatic nitrogens is 1. The molecule has 0 unspecified atom stereocenters. The third kappa shape index (κ3) is 4.35. The van der Waals surface area contributed by atoms with Crippen molar-refractivity contribution >= 4 is 25.4 Å². The molecule has 2 nitrogen and oxygen atoms in total. The van der Waals surface area contributed by atoms with Crippen molar-refractivity contribution in [3.8, 4) is 22.6 Å². The van der Waals surface area contributed by atoms with Crippen molar-refractivity contribution in [2.24, 2.45) is 0 Å². The third-order valence-electron chi connectivity index (χ3n) is 2.89. The van der Waals surface area contributed by atoms with E-state index in [2.05, 4.69) is 47.5 Å². The van der Waals surface area contributed by atoms with Gasteiger partial charge in [0, 0.05) is 23.8 Å². The van der Waals surface area contributed by atoms with E-state index in [9.17, 15) is 0 Å². The predicted molar refractivity (Wildman–Crippen MR) is 94.5 cm³/mol. The molecule has 2 rings (SSSR count). The van der Waals surface area contributed by atoms with Crippen LogP contribution < -0.4 is 5.32 Å². The average molecular weight is 315 g/mol. The first-order valence-electron chi connectivity index (χ1n) is 6.86. The van der Waals surface area contributed by atoms with Crippen LogP contribution in [-0.2, 0) is 0 Å². The highest BCUT2D eigenvalue weighted by Gasteiger charge is 2.09. The highest BCUT2D eigenvalue weighted by atomic mass is 35.5. The van der Waals surface area contributed by atoms with Gasteiger partial charge in [0.25, 0.3) is 0 Å². The van der Waals surface area contributed by atoms with Gasteiger partial charge in [0.2, 0.25) is 0 Å².